The van der Waals surface area contributed by atoms with Crippen molar-refractivity contribution in [2.45, 2.75) is 6.54 Å². The van der Waals surface area contributed by atoms with Crippen LogP contribution < -0.4 is 9.64 Å². The molecule has 0 aromatic heterocycles. The van der Waals surface area contributed by atoms with Crippen LogP contribution in [0.5, 0.6) is 11.5 Å². The number of methoxy groups -OCH3 is 1. The summed E-state index contributed by atoms with van der Waals surface area (Å²) in [6.45, 7) is 0.509. The van der Waals surface area contributed by atoms with Crippen molar-refractivity contribution in [2.75, 3.05) is 19.1 Å². The molecule has 0 aliphatic rings. The van der Waals surface area contributed by atoms with E-state index in [0.717, 1.165) is 11.3 Å². The van der Waals surface area contributed by atoms with E-state index < -0.39 is 0 Å². The van der Waals surface area contributed by atoms with Gasteiger partial charge >= 0.3 is 0 Å². The largest absolute Gasteiger partial charge is 0.504 e. The van der Waals surface area contributed by atoms with Gasteiger partial charge in [0, 0.05) is 24.8 Å². The number of nitrogens with zero attached hydrogens (tertiary/aromatic N) is 1. The van der Waals surface area contributed by atoms with Crippen LogP contribution in [0.4, 0.5) is 10.1 Å². The third kappa shape index (κ3) is 2.96. The lowest BCUT2D eigenvalue weighted by molar-refractivity contribution is 0.370. The van der Waals surface area contributed by atoms with E-state index in [0.29, 0.717) is 12.3 Å². The maximum Gasteiger partial charge on any atom is 0.162 e. The van der Waals surface area contributed by atoms with Gasteiger partial charge in [-0.2, -0.15) is 0 Å². The van der Waals surface area contributed by atoms with Crippen molar-refractivity contribution in [1.82, 2.24) is 0 Å². The van der Waals surface area contributed by atoms with Crippen LogP contribution in [0.15, 0.2) is 42.5 Å². The summed E-state index contributed by atoms with van der Waals surface area (Å²) in [5, 5.41) is 10.0. The highest BCUT2D eigenvalue weighted by atomic mass is 19.1. The Kier molecular flexibility index (Phi) is 3.90. The van der Waals surface area contributed by atoms with Crippen LogP contribution in [-0.2, 0) is 6.54 Å². The minimum absolute atomic E-state index is 0.138. The molecule has 0 atom stereocenters. The van der Waals surface area contributed by atoms with Crippen molar-refractivity contribution in [3.63, 3.8) is 0 Å². The molecule has 2 aromatic rings. The maximum absolute atomic E-state index is 12.9. The first-order valence-corrected chi connectivity index (χ1v) is 5.93. The first kappa shape index (κ1) is 13.2. The second-order valence-corrected chi connectivity index (χ2v) is 4.30. The van der Waals surface area contributed by atoms with E-state index >= 15 is 0 Å². The molecule has 19 heavy (non-hydrogen) atoms. The lowest BCUT2D eigenvalue weighted by Crippen LogP contribution is -2.16. The Hall–Kier alpha value is -2.23. The average molecular weight is 261 g/mol. The molecular weight excluding hydrogens is 245 g/mol. The second-order valence-electron chi connectivity index (χ2n) is 4.30. The van der Waals surface area contributed by atoms with E-state index in [9.17, 15) is 9.50 Å². The Morgan fingerprint density at radius 1 is 1.16 bits per heavy atom. The van der Waals surface area contributed by atoms with Crippen LogP contribution >= 0.6 is 0 Å². The number of hydrogen-bond donors (Lipinski definition) is 1. The SMILES string of the molecule is COc1cccc(CN(C)c2ccc(F)cc2)c1O. The molecule has 0 aliphatic carbocycles. The summed E-state index contributed by atoms with van der Waals surface area (Å²) in [6, 6.07) is 11.6. The van der Waals surface area contributed by atoms with Gasteiger partial charge in [-0.3, -0.25) is 0 Å². The van der Waals surface area contributed by atoms with Crippen molar-refractivity contribution < 1.29 is 14.2 Å². The van der Waals surface area contributed by atoms with E-state index in [1.165, 1.54) is 19.2 Å². The fraction of sp³-hybridized carbons (Fsp3) is 0.200. The zero-order chi connectivity index (χ0) is 13.8. The van der Waals surface area contributed by atoms with Crippen molar-refractivity contribution in [2.24, 2.45) is 0 Å². The monoisotopic (exact) mass is 261 g/mol. The van der Waals surface area contributed by atoms with Gasteiger partial charge < -0.3 is 14.7 Å². The van der Waals surface area contributed by atoms with Crippen molar-refractivity contribution >= 4 is 5.69 Å². The smallest absolute Gasteiger partial charge is 0.162 e. The fourth-order valence-electron chi connectivity index (χ4n) is 1.90. The number of hydrogen-bond acceptors (Lipinski definition) is 3. The van der Waals surface area contributed by atoms with Crippen LogP contribution in [0.25, 0.3) is 0 Å². The van der Waals surface area contributed by atoms with Crippen LogP contribution in [0.2, 0.25) is 0 Å². The van der Waals surface area contributed by atoms with Gasteiger partial charge in [0.1, 0.15) is 5.82 Å². The molecule has 0 radical (unpaired) electrons. The van der Waals surface area contributed by atoms with Crippen LogP contribution in [-0.4, -0.2) is 19.3 Å². The van der Waals surface area contributed by atoms with Crippen LogP contribution in [0.1, 0.15) is 5.56 Å². The van der Waals surface area contributed by atoms with Gasteiger partial charge in [0.05, 0.1) is 7.11 Å². The molecule has 1 N–H and O–H groups in total. The lowest BCUT2D eigenvalue weighted by Gasteiger charge is -2.20. The molecule has 100 valence electrons. The van der Waals surface area contributed by atoms with Crippen LogP contribution in [0.3, 0.4) is 0 Å². The zero-order valence-electron chi connectivity index (χ0n) is 10.9. The zero-order valence-corrected chi connectivity index (χ0v) is 10.9. The number of halogens is 1. The van der Waals surface area contributed by atoms with Gasteiger partial charge in [-0.25, -0.2) is 4.39 Å². The van der Waals surface area contributed by atoms with Crippen molar-refractivity contribution in [3.8, 4) is 11.5 Å². The summed E-state index contributed by atoms with van der Waals surface area (Å²) in [4.78, 5) is 1.92. The highest BCUT2D eigenvalue weighted by molar-refractivity contribution is 5.50. The average Bonchev–Trinajstić information content (AvgIpc) is 2.42. The van der Waals surface area contributed by atoms with E-state index in [2.05, 4.69) is 0 Å². The molecule has 0 bridgehead atoms. The first-order chi connectivity index (χ1) is 9.11. The topological polar surface area (TPSA) is 32.7 Å². The Balaban J connectivity index is 2.19. The predicted octanol–water partition coefficient (Wildman–Crippen LogP) is 3.18. The van der Waals surface area contributed by atoms with Gasteiger partial charge in [0.2, 0.25) is 0 Å². The van der Waals surface area contributed by atoms with Gasteiger partial charge in [-0.1, -0.05) is 12.1 Å². The summed E-state index contributed by atoms with van der Waals surface area (Å²) in [5.41, 5.74) is 1.63. The van der Waals surface area contributed by atoms with Gasteiger partial charge in [-0.15, -0.1) is 0 Å². The van der Waals surface area contributed by atoms with Gasteiger partial charge in [0.25, 0.3) is 0 Å². The molecule has 0 spiro atoms. The number of aromatic hydroxyl groups is 1. The predicted molar refractivity (Wildman–Crippen MR) is 73.2 cm³/mol. The molecule has 2 aromatic carbocycles. The molecule has 0 aliphatic heterocycles. The minimum Gasteiger partial charge on any atom is -0.504 e. The fourth-order valence-corrected chi connectivity index (χ4v) is 1.90. The minimum atomic E-state index is -0.263. The number of ether oxygens (including phenoxy) is 1. The summed E-state index contributed by atoms with van der Waals surface area (Å²) in [5.74, 6) is 0.324. The molecule has 0 fully saturated rings. The second kappa shape index (κ2) is 5.61. The summed E-state index contributed by atoms with van der Waals surface area (Å²) < 4.78 is 17.9. The number of rotatable bonds is 4. The number of para-hydroxylation sites is 1. The Bertz CT molecular complexity index is 555. The molecule has 2 rings (SSSR count). The van der Waals surface area contributed by atoms with E-state index in [1.807, 2.05) is 24.1 Å². The summed E-state index contributed by atoms with van der Waals surface area (Å²) in [6.07, 6.45) is 0. The Labute approximate surface area is 111 Å². The number of anilines is 1. The molecule has 0 unspecified atom stereocenters. The Morgan fingerprint density at radius 2 is 1.84 bits per heavy atom. The number of phenols is 1. The molecule has 0 heterocycles. The highest BCUT2D eigenvalue weighted by Crippen LogP contribution is 2.30. The van der Waals surface area contributed by atoms with Crippen molar-refractivity contribution in [3.05, 3.63) is 53.8 Å². The van der Waals surface area contributed by atoms with Gasteiger partial charge in [-0.05, 0) is 30.3 Å². The Morgan fingerprint density at radius 3 is 2.47 bits per heavy atom. The van der Waals surface area contributed by atoms with E-state index in [1.54, 1.807) is 18.2 Å². The number of phenolic OH excluding ortho intramolecular Hbond substituents is 1. The lowest BCUT2D eigenvalue weighted by atomic mass is 10.1. The molecule has 4 heteroatoms. The molecule has 3 nitrogen and oxygen atoms in total. The number of benzene rings is 2. The quantitative estimate of drug-likeness (QED) is 0.917. The molecule has 0 saturated heterocycles. The molecule has 0 amide bonds. The maximum atomic E-state index is 12.9. The molecular formula is C15H16FNO2. The first-order valence-electron chi connectivity index (χ1n) is 5.93. The van der Waals surface area contributed by atoms with E-state index in [-0.39, 0.29) is 11.6 Å². The highest BCUT2D eigenvalue weighted by Gasteiger charge is 2.10. The summed E-state index contributed by atoms with van der Waals surface area (Å²) >= 11 is 0. The molecule has 0 saturated carbocycles. The summed E-state index contributed by atoms with van der Waals surface area (Å²) in [7, 11) is 3.40. The van der Waals surface area contributed by atoms with Gasteiger partial charge in [0.15, 0.2) is 11.5 Å². The van der Waals surface area contributed by atoms with Crippen LogP contribution in [0, 0.1) is 5.82 Å². The third-order valence-electron chi connectivity index (χ3n) is 2.98. The standard InChI is InChI=1S/C15H16FNO2/c1-17(13-8-6-12(16)7-9-13)10-11-4-3-5-14(19-2)15(11)18/h3-9,18H,10H2,1-2H3. The normalized spacial score (nSPS) is 10.3. The van der Waals surface area contributed by atoms with E-state index in [4.69, 9.17) is 4.74 Å². The van der Waals surface area contributed by atoms with Crippen molar-refractivity contribution in [1.29, 1.82) is 0 Å². The third-order valence-corrected chi connectivity index (χ3v) is 2.98.